The summed E-state index contributed by atoms with van der Waals surface area (Å²) in [7, 11) is 0. The van der Waals surface area contributed by atoms with Crippen molar-refractivity contribution in [1.29, 1.82) is 0 Å². The predicted molar refractivity (Wildman–Crippen MR) is 86.1 cm³/mol. The van der Waals surface area contributed by atoms with Crippen molar-refractivity contribution in [2.24, 2.45) is 0 Å². The highest BCUT2D eigenvalue weighted by Crippen LogP contribution is 2.29. The minimum Gasteiger partial charge on any atom is -0.403 e. The lowest BCUT2D eigenvalue weighted by Gasteiger charge is -2.11. The van der Waals surface area contributed by atoms with Gasteiger partial charge in [0.05, 0.1) is 5.56 Å². The number of aromatic nitrogens is 2. The van der Waals surface area contributed by atoms with Crippen LogP contribution in [0.25, 0.3) is 11.5 Å². The number of hydrogen-bond acceptors (Lipinski definition) is 7. The van der Waals surface area contributed by atoms with Gasteiger partial charge in [-0.2, -0.15) is 0 Å². The van der Waals surface area contributed by atoms with E-state index in [1.165, 1.54) is 11.8 Å². The molecule has 1 aliphatic heterocycles. The topological polar surface area (TPSA) is 105 Å². The Labute approximate surface area is 141 Å². The van der Waals surface area contributed by atoms with E-state index in [0.717, 1.165) is 15.4 Å². The second-order valence-corrected chi connectivity index (χ2v) is 5.88. The molecule has 0 saturated carbocycles. The van der Waals surface area contributed by atoms with Gasteiger partial charge in [0.1, 0.15) is 6.54 Å². The largest absolute Gasteiger partial charge is 0.403 e. The van der Waals surface area contributed by atoms with Crippen LogP contribution in [0.2, 0.25) is 0 Å². The molecule has 1 saturated heterocycles. The van der Waals surface area contributed by atoms with Crippen LogP contribution in [0.1, 0.15) is 12.8 Å². The molecule has 124 valence electrons. The number of imide groups is 1. The van der Waals surface area contributed by atoms with E-state index in [-0.39, 0.29) is 43.1 Å². The Balaban J connectivity index is 1.69. The van der Waals surface area contributed by atoms with Gasteiger partial charge in [0.25, 0.3) is 5.89 Å². The summed E-state index contributed by atoms with van der Waals surface area (Å²) in [5.74, 6) is -0.985. The van der Waals surface area contributed by atoms with Gasteiger partial charge in [0.2, 0.25) is 17.7 Å². The maximum atomic E-state index is 11.9. The molecule has 24 heavy (non-hydrogen) atoms. The lowest BCUT2D eigenvalue weighted by Crippen LogP contribution is -2.36. The summed E-state index contributed by atoms with van der Waals surface area (Å²) in [5.41, 5.74) is 0.767. The molecule has 2 heterocycles. The van der Waals surface area contributed by atoms with Crippen LogP contribution in [-0.2, 0) is 14.4 Å². The monoisotopic (exact) mass is 346 g/mol. The Bertz CT molecular complexity index is 788. The number of carbonyl (C=O) groups is 3. The van der Waals surface area contributed by atoms with Crippen molar-refractivity contribution >= 4 is 35.5 Å². The summed E-state index contributed by atoms with van der Waals surface area (Å²) >= 11 is 1.54. The van der Waals surface area contributed by atoms with E-state index in [2.05, 4.69) is 15.5 Å². The van der Waals surface area contributed by atoms with Crippen molar-refractivity contribution < 1.29 is 18.8 Å². The third-order valence-electron chi connectivity index (χ3n) is 3.47. The van der Waals surface area contributed by atoms with Crippen LogP contribution in [0.15, 0.2) is 33.6 Å². The molecule has 0 radical (unpaired) electrons. The molecule has 1 fully saturated rings. The molecule has 3 amide bonds. The van der Waals surface area contributed by atoms with Gasteiger partial charge in [0, 0.05) is 17.7 Å². The second-order valence-electron chi connectivity index (χ2n) is 5.03. The molecule has 0 atom stereocenters. The fraction of sp³-hybridized carbons (Fsp3) is 0.267. The van der Waals surface area contributed by atoms with Crippen molar-refractivity contribution in [3.8, 4) is 11.5 Å². The number of hydrogen-bond donors (Lipinski definition) is 1. The molecule has 1 aromatic heterocycles. The Hall–Kier alpha value is -2.68. The molecule has 8 nitrogen and oxygen atoms in total. The Morgan fingerprint density at radius 1 is 1.25 bits per heavy atom. The maximum Gasteiger partial charge on any atom is 0.322 e. The molecule has 9 heteroatoms. The van der Waals surface area contributed by atoms with Crippen molar-refractivity contribution in [2.45, 2.75) is 17.7 Å². The highest BCUT2D eigenvalue weighted by atomic mass is 32.2. The Morgan fingerprint density at radius 3 is 2.67 bits per heavy atom. The van der Waals surface area contributed by atoms with Crippen LogP contribution in [-0.4, -0.2) is 45.6 Å². The summed E-state index contributed by atoms with van der Waals surface area (Å²) in [4.78, 5) is 36.8. The van der Waals surface area contributed by atoms with E-state index in [1.807, 2.05) is 30.5 Å². The van der Waals surface area contributed by atoms with Gasteiger partial charge < -0.3 is 4.42 Å². The first kappa shape index (κ1) is 16.2. The third kappa shape index (κ3) is 3.30. The maximum absolute atomic E-state index is 11.9. The highest BCUT2D eigenvalue weighted by molar-refractivity contribution is 7.98. The molecular weight excluding hydrogens is 332 g/mol. The zero-order valence-electron chi connectivity index (χ0n) is 12.8. The SMILES string of the molecule is CSc1ccccc1-c1nnc(NC(=O)CN2C(=O)CCC2=O)o1. The molecule has 1 aliphatic rings. The smallest absolute Gasteiger partial charge is 0.322 e. The Kier molecular flexibility index (Phi) is 4.61. The van der Waals surface area contributed by atoms with E-state index in [1.54, 1.807) is 0 Å². The molecule has 0 spiro atoms. The van der Waals surface area contributed by atoms with Gasteiger partial charge in [-0.25, -0.2) is 0 Å². The summed E-state index contributed by atoms with van der Waals surface area (Å²) in [6.45, 7) is -0.350. The zero-order chi connectivity index (χ0) is 17.1. The summed E-state index contributed by atoms with van der Waals surface area (Å²) in [5, 5.41) is 10.1. The van der Waals surface area contributed by atoms with Crippen LogP contribution in [0.3, 0.4) is 0 Å². The lowest BCUT2D eigenvalue weighted by molar-refractivity contribution is -0.141. The Morgan fingerprint density at radius 2 is 1.96 bits per heavy atom. The number of likely N-dealkylation sites (tertiary alicyclic amines) is 1. The quantitative estimate of drug-likeness (QED) is 0.646. The number of thioether (sulfide) groups is 1. The standard InChI is InChI=1S/C15H14N4O4S/c1-24-10-5-3-2-4-9(10)14-17-18-15(23-14)16-11(20)8-19-12(21)6-7-13(19)22/h2-5H,6-8H2,1H3,(H,16,18,20). The molecular formula is C15H14N4O4S. The first-order valence-corrected chi connectivity index (χ1v) is 8.41. The van der Waals surface area contributed by atoms with Gasteiger partial charge in [-0.3, -0.25) is 24.6 Å². The normalized spacial score (nSPS) is 14.3. The molecule has 0 aliphatic carbocycles. The van der Waals surface area contributed by atoms with Crippen molar-refractivity contribution in [3.63, 3.8) is 0 Å². The van der Waals surface area contributed by atoms with E-state index in [4.69, 9.17) is 4.42 Å². The van der Waals surface area contributed by atoms with Gasteiger partial charge in [-0.15, -0.1) is 16.9 Å². The molecule has 1 aromatic carbocycles. The lowest BCUT2D eigenvalue weighted by atomic mass is 10.2. The molecule has 2 aromatic rings. The molecule has 0 unspecified atom stereocenters. The fourth-order valence-corrected chi connectivity index (χ4v) is 2.90. The average molecular weight is 346 g/mol. The number of rotatable bonds is 5. The first-order valence-electron chi connectivity index (χ1n) is 7.18. The van der Waals surface area contributed by atoms with Crippen LogP contribution in [0.5, 0.6) is 0 Å². The number of nitrogens with zero attached hydrogens (tertiary/aromatic N) is 3. The number of carbonyl (C=O) groups excluding carboxylic acids is 3. The third-order valence-corrected chi connectivity index (χ3v) is 4.26. The predicted octanol–water partition coefficient (Wildman–Crippen LogP) is 1.55. The van der Waals surface area contributed by atoms with E-state index >= 15 is 0 Å². The van der Waals surface area contributed by atoms with Crippen molar-refractivity contribution in [3.05, 3.63) is 24.3 Å². The second kappa shape index (κ2) is 6.83. The van der Waals surface area contributed by atoms with Gasteiger partial charge in [0.15, 0.2) is 0 Å². The molecule has 3 rings (SSSR count). The van der Waals surface area contributed by atoms with E-state index < -0.39 is 5.91 Å². The van der Waals surface area contributed by atoms with E-state index in [9.17, 15) is 14.4 Å². The number of benzene rings is 1. The first-order chi connectivity index (χ1) is 11.6. The average Bonchev–Trinajstić information content (AvgIpc) is 3.16. The summed E-state index contributed by atoms with van der Waals surface area (Å²) in [6.07, 6.45) is 2.21. The highest BCUT2D eigenvalue weighted by Gasteiger charge is 2.30. The van der Waals surface area contributed by atoms with Crippen LogP contribution in [0, 0.1) is 0 Å². The number of nitrogens with one attached hydrogen (secondary N) is 1. The van der Waals surface area contributed by atoms with Crippen LogP contribution >= 0.6 is 11.8 Å². The molecule has 1 N–H and O–H groups in total. The van der Waals surface area contributed by atoms with Crippen LogP contribution in [0.4, 0.5) is 6.01 Å². The van der Waals surface area contributed by atoms with Crippen molar-refractivity contribution in [1.82, 2.24) is 15.1 Å². The van der Waals surface area contributed by atoms with Crippen LogP contribution < -0.4 is 5.32 Å². The van der Waals surface area contributed by atoms with Gasteiger partial charge in [-0.05, 0) is 18.4 Å². The summed E-state index contributed by atoms with van der Waals surface area (Å²) in [6, 6.07) is 7.44. The molecule has 0 bridgehead atoms. The minimum absolute atomic E-state index is 0.0787. The van der Waals surface area contributed by atoms with Gasteiger partial charge in [-0.1, -0.05) is 17.2 Å². The van der Waals surface area contributed by atoms with Gasteiger partial charge >= 0.3 is 6.01 Å². The number of anilines is 1. The summed E-state index contributed by atoms with van der Waals surface area (Å²) < 4.78 is 5.45. The van der Waals surface area contributed by atoms with E-state index in [0.29, 0.717) is 0 Å². The minimum atomic E-state index is -0.563. The number of amides is 3. The van der Waals surface area contributed by atoms with Crippen molar-refractivity contribution in [2.75, 3.05) is 18.1 Å². The zero-order valence-corrected chi connectivity index (χ0v) is 13.6. The fourth-order valence-electron chi connectivity index (χ4n) is 2.31.